The second kappa shape index (κ2) is 9.91. The molecule has 0 spiro atoms. The summed E-state index contributed by atoms with van der Waals surface area (Å²) in [5, 5.41) is 16.3. The Hall–Kier alpha value is -6.24. The van der Waals surface area contributed by atoms with Gasteiger partial charge in [0.05, 0.1) is 33.7 Å². The molecule has 7 aromatic carbocycles. The molecule has 0 fully saturated rings. The Morgan fingerprint density at radius 1 is 0.489 bits per heavy atom. The molecule has 0 N–H and O–H groups in total. The molecule has 45 heavy (non-hydrogen) atoms. The highest BCUT2D eigenvalue weighted by Crippen LogP contribution is 2.40. The van der Waals surface area contributed by atoms with Gasteiger partial charge in [-0.25, -0.2) is 4.98 Å². The molecule has 208 valence electrons. The maximum absolute atomic E-state index is 9.25. The van der Waals surface area contributed by atoms with E-state index in [-0.39, 0.29) is 0 Å². The minimum Gasteiger partial charge on any atom is -0.309 e. The van der Waals surface area contributed by atoms with Gasteiger partial charge in [0, 0.05) is 38.2 Å². The second-order valence-electron chi connectivity index (χ2n) is 11.5. The number of rotatable bonds is 3. The van der Waals surface area contributed by atoms with Gasteiger partial charge in [0.2, 0.25) is 0 Å². The number of hydrogen-bond donors (Lipinski definition) is 0. The van der Waals surface area contributed by atoms with Crippen LogP contribution in [0.5, 0.6) is 0 Å². The third-order valence-electron chi connectivity index (χ3n) is 8.99. The molecular weight excluding hydrogens is 546 g/mol. The van der Waals surface area contributed by atoms with Gasteiger partial charge < -0.3 is 4.57 Å². The summed E-state index contributed by atoms with van der Waals surface area (Å²) in [4.78, 5) is 5.17. The van der Waals surface area contributed by atoms with E-state index >= 15 is 0 Å². The smallest absolute Gasteiger partial charge is 0.0991 e. The Bertz CT molecular complexity index is 2650. The summed E-state index contributed by atoms with van der Waals surface area (Å²) >= 11 is 0. The standard InChI is InChI=1S/C42H25N3/c43-26-27-16-18-28(19-17-27)30-21-23-40-37(25-30)34-12-4-6-15-39(34)45(40)32-10-7-9-31(24-32)41-35-13-3-5-14-38(35)44-42-33-11-2-1-8-29(33)20-22-36(41)42/h1-25H. The van der Waals surface area contributed by atoms with Gasteiger partial charge in [-0.15, -0.1) is 0 Å². The Morgan fingerprint density at radius 2 is 1.22 bits per heavy atom. The Labute approximate surface area is 259 Å². The minimum absolute atomic E-state index is 0.666. The zero-order valence-corrected chi connectivity index (χ0v) is 24.3. The van der Waals surface area contributed by atoms with Crippen molar-refractivity contribution in [3.05, 3.63) is 157 Å². The summed E-state index contributed by atoms with van der Waals surface area (Å²) in [6, 6.07) is 55.6. The number of aromatic nitrogens is 2. The topological polar surface area (TPSA) is 41.6 Å². The van der Waals surface area contributed by atoms with Crippen molar-refractivity contribution in [1.29, 1.82) is 5.26 Å². The van der Waals surface area contributed by atoms with E-state index in [2.05, 4.69) is 138 Å². The van der Waals surface area contributed by atoms with E-state index in [1.54, 1.807) is 0 Å². The molecule has 0 bridgehead atoms. The predicted octanol–water partition coefficient (Wildman–Crippen LogP) is 10.8. The highest BCUT2D eigenvalue weighted by molar-refractivity contribution is 6.17. The molecule has 0 aliphatic rings. The fraction of sp³-hybridized carbons (Fsp3) is 0. The molecule has 0 amide bonds. The van der Waals surface area contributed by atoms with E-state index in [0.717, 1.165) is 55.2 Å². The summed E-state index contributed by atoms with van der Waals surface area (Å²) in [5.41, 5.74) is 10.7. The van der Waals surface area contributed by atoms with Gasteiger partial charge in [-0.3, -0.25) is 0 Å². The predicted molar refractivity (Wildman–Crippen MR) is 187 cm³/mol. The Morgan fingerprint density at radius 3 is 2.09 bits per heavy atom. The fourth-order valence-corrected chi connectivity index (χ4v) is 6.90. The number of nitrogens with zero attached hydrogens (tertiary/aromatic N) is 3. The van der Waals surface area contributed by atoms with Crippen LogP contribution in [0.25, 0.3) is 82.3 Å². The minimum atomic E-state index is 0.666. The van der Waals surface area contributed by atoms with E-state index in [9.17, 15) is 5.26 Å². The van der Waals surface area contributed by atoms with E-state index in [4.69, 9.17) is 4.98 Å². The summed E-state index contributed by atoms with van der Waals surface area (Å²) in [6.07, 6.45) is 0. The van der Waals surface area contributed by atoms with Crippen molar-refractivity contribution in [2.75, 3.05) is 0 Å². The third-order valence-corrected chi connectivity index (χ3v) is 8.99. The van der Waals surface area contributed by atoms with Gasteiger partial charge in [0.15, 0.2) is 0 Å². The van der Waals surface area contributed by atoms with Crippen LogP contribution in [0.3, 0.4) is 0 Å². The van der Waals surface area contributed by atoms with Crippen molar-refractivity contribution in [3.63, 3.8) is 0 Å². The Kier molecular flexibility index (Phi) is 5.57. The van der Waals surface area contributed by atoms with Gasteiger partial charge in [-0.1, -0.05) is 103 Å². The number of hydrogen-bond acceptors (Lipinski definition) is 2. The third kappa shape index (κ3) is 3.94. The maximum Gasteiger partial charge on any atom is 0.0991 e. The molecule has 0 atom stereocenters. The first kappa shape index (κ1) is 25.3. The zero-order chi connectivity index (χ0) is 29.9. The SMILES string of the molecule is N#Cc1ccc(-c2ccc3c(c2)c2ccccc2n3-c2cccc(-c3c4ccccc4nc4c3ccc3ccccc34)c2)cc1. The van der Waals surface area contributed by atoms with Crippen LogP contribution in [0.4, 0.5) is 0 Å². The van der Waals surface area contributed by atoms with Crippen LogP contribution in [0.15, 0.2) is 152 Å². The summed E-state index contributed by atoms with van der Waals surface area (Å²) in [5.74, 6) is 0. The molecule has 3 heteroatoms. The van der Waals surface area contributed by atoms with Crippen LogP contribution in [-0.2, 0) is 0 Å². The highest BCUT2D eigenvalue weighted by atomic mass is 15.0. The lowest BCUT2D eigenvalue weighted by Gasteiger charge is -2.15. The molecule has 0 aliphatic carbocycles. The fourth-order valence-electron chi connectivity index (χ4n) is 6.90. The number of para-hydroxylation sites is 2. The molecule has 0 saturated carbocycles. The number of fused-ring (bicyclic) bond motifs is 7. The average Bonchev–Trinajstić information content (AvgIpc) is 3.44. The van der Waals surface area contributed by atoms with E-state index in [1.165, 1.54) is 27.1 Å². The molecule has 2 heterocycles. The second-order valence-corrected chi connectivity index (χ2v) is 11.5. The summed E-state index contributed by atoms with van der Waals surface area (Å²) in [7, 11) is 0. The number of pyridine rings is 1. The maximum atomic E-state index is 9.25. The van der Waals surface area contributed by atoms with Crippen molar-refractivity contribution in [2.24, 2.45) is 0 Å². The van der Waals surface area contributed by atoms with Crippen molar-refractivity contribution in [2.45, 2.75) is 0 Å². The lowest BCUT2D eigenvalue weighted by Crippen LogP contribution is -1.95. The van der Waals surface area contributed by atoms with E-state index in [0.29, 0.717) is 5.56 Å². The summed E-state index contributed by atoms with van der Waals surface area (Å²) < 4.78 is 2.37. The molecule has 9 rings (SSSR count). The van der Waals surface area contributed by atoms with Crippen LogP contribution in [0.2, 0.25) is 0 Å². The molecule has 0 radical (unpaired) electrons. The molecule has 0 aliphatic heterocycles. The highest BCUT2D eigenvalue weighted by Gasteiger charge is 2.17. The van der Waals surface area contributed by atoms with Crippen LogP contribution < -0.4 is 0 Å². The first-order valence-electron chi connectivity index (χ1n) is 15.1. The quantitative estimate of drug-likeness (QED) is 0.156. The van der Waals surface area contributed by atoms with Crippen LogP contribution >= 0.6 is 0 Å². The van der Waals surface area contributed by atoms with Crippen molar-refractivity contribution >= 4 is 54.4 Å². The van der Waals surface area contributed by atoms with Crippen LogP contribution in [0.1, 0.15) is 5.56 Å². The van der Waals surface area contributed by atoms with Gasteiger partial charge in [0.1, 0.15) is 0 Å². The lowest BCUT2D eigenvalue weighted by molar-refractivity contribution is 1.18. The Balaban J connectivity index is 1.29. The summed E-state index contributed by atoms with van der Waals surface area (Å²) in [6.45, 7) is 0. The van der Waals surface area contributed by atoms with Gasteiger partial charge in [-0.05, 0) is 70.6 Å². The number of nitriles is 1. The normalized spacial score (nSPS) is 11.5. The van der Waals surface area contributed by atoms with Crippen molar-refractivity contribution in [3.8, 4) is 34.0 Å². The van der Waals surface area contributed by atoms with Crippen LogP contribution in [0, 0.1) is 11.3 Å². The first-order valence-corrected chi connectivity index (χ1v) is 15.1. The van der Waals surface area contributed by atoms with E-state index in [1.807, 2.05) is 24.3 Å². The zero-order valence-electron chi connectivity index (χ0n) is 24.3. The van der Waals surface area contributed by atoms with Gasteiger partial charge in [-0.2, -0.15) is 5.26 Å². The first-order chi connectivity index (χ1) is 22.3. The van der Waals surface area contributed by atoms with Crippen molar-refractivity contribution < 1.29 is 0 Å². The monoisotopic (exact) mass is 571 g/mol. The molecule has 2 aromatic heterocycles. The molecule has 0 unspecified atom stereocenters. The average molecular weight is 572 g/mol. The molecule has 3 nitrogen and oxygen atoms in total. The number of benzene rings is 7. The van der Waals surface area contributed by atoms with Gasteiger partial charge >= 0.3 is 0 Å². The van der Waals surface area contributed by atoms with Gasteiger partial charge in [0.25, 0.3) is 0 Å². The van der Waals surface area contributed by atoms with Crippen LogP contribution in [-0.4, -0.2) is 9.55 Å². The lowest BCUT2D eigenvalue weighted by atomic mass is 9.94. The molecule has 9 aromatic rings. The van der Waals surface area contributed by atoms with E-state index < -0.39 is 0 Å². The largest absolute Gasteiger partial charge is 0.309 e. The molecular formula is C42H25N3. The molecule has 0 saturated heterocycles. The van der Waals surface area contributed by atoms with Crippen molar-refractivity contribution in [1.82, 2.24) is 9.55 Å².